The van der Waals surface area contributed by atoms with E-state index in [-0.39, 0.29) is 11.9 Å². The third-order valence-corrected chi connectivity index (χ3v) is 2.65. The lowest BCUT2D eigenvalue weighted by Crippen LogP contribution is -2.23. The third kappa shape index (κ3) is 4.99. The molecule has 17 heavy (non-hydrogen) atoms. The second-order valence-corrected chi connectivity index (χ2v) is 4.56. The summed E-state index contributed by atoms with van der Waals surface area (Å²) in [4.78, 5) is 11.5. The van der Waals surface area contributed by atoms with Crippen LogP contribution in [0, 0.1) is 6.92 Å². The van der Waals surface area contributed by atoms with Crippen LogP contribution in [0.4, 0.5) is 0 Å². The fourth-order valence-electron chi connectivity index (χ4n) is 1.69. The molecule has 3 N–H and O–H groups in total. The summed E-state index contributed by atoms with van der Waals surface area (Å²) in [5.74, 6) is 0.0777. The molecule has 0 aliphatic heterocycles. The van der Waals surface area contributed by atoms with Crippen molar-refractivity contribution in [3.8, 4) is 0 Å². The van der Waals surface area contributed by atoms with Gasteiger partial charge in [0.25, 0.3) is 0 Å². The zero-order chi connectivity index (χ0) is 12.8. The maximum Gasteiger partial charge on any atom is 0.220 e. The van der Waals surface area contributed by atoms with Gasteiger partial charge >= 0.3 is 0 Å². The first-order valence-electron chi connectivity index (χ1n) is 6.00. The third-order valence-electron chi connectivity index (χ3n) is 2.65. The molecule has 96 valence electrons. The largest absolute Gasteiger partial charge is 0.352 e. The average Bonchev–Trinajstić information content (AvgIpc) is 2.54. The predicted octanol–water partition coefficient (Wildman–Crippen LogP) is 0.862. The van der Waals surface area contributed by atoms with Crippen LogP contribution in [0.25, 0.3) is 0 Å². The van der Waals surface area contributed by atoms with Crippen LogP contribution in [-0.4, -0.2) is 21.7 Å². The number of nitrogens with one attached hydrogen (secondary N) is 1. The predicted molar refractivity (Wildman–Crippen MR) is 67.3 cm³/mol. The zero-order valence-electron chi connectivity index (χ0n) is 10.9. The number of amides is 1. The minimum absolute atomic E-state index is 0.0777. The Morgan fingerprint density at radius 1 is 1.65 bits per heavy atom. The molecule has 1 amide bonds. The summed E-state index contributed by atoms with van der Waals surface area (Å²) in [6.45, 7) is 4.45. The normalized spacial score (nSPS) is 12.5. The minimum Gasteiger partial charge on any atom is -0.352 e. The molecule has 0 aliphatic carbocycles. The summed E-state index contributed by atoms with van der Waals surface area (Å²) in [6.07, 6.45) is 4.20. The Morgan fingerprint density at radius 2 is 2.35 bits per heavy atom. The molecule has 1 aromatic rings. The van der Waals surface area contributed by atoms with Crippen LogP contribution in [0.15, 0.2) is 6.20 Å². The molecule has 0 aliphatic rings. The number of aromatic nitrogens is 2. The second-order valence-electron chi connectivity index (χ2n) is 4.56. The SMILES string of the molecule is Cc1nn(C)cc1CNC(=O)CCCC(C)N. The van der Waals surface area contributed by atoms with E-state index in [0.717, 1.165) is 24.1 Å². The van der Waals surface area contributed by atoms with Crippen LogP contribution < -0.4 is 11.1 Å². The number of nitrogens with zero attached hydrogens (tertiary/aromatic N) is 2. The molecular formula is C12H22N4O. The molecule has 0 spiro atoms. The van der Waals surface area contributed by atoms with Gasteiger partial charge in [0.15, 0.2) is 0 Å². The highest BCUT2D eigenvalue weighted by atomic mass is 16.1. The Bertz CT molecular complexity index is 371. The Labute approximate surface area is 102 Å². The monoisotopic (exact) mass is 238 g/mol. The molecule has 5 nitrogen and oxygen atoms in total. The van der Waals surface area contributed by atoms with Gasteiger partial charge in [-0.15, -0.1) is 0 Å². The van der Waals surface area contributed by atoms with E-state index >= 15 is 0 Å². The quantitative estimate of drug-likeness (QED) is 0.772. The Hall–Kier alpha value is -1.36. The van der Waals surface area contributed by atoms with Gasteiger partial charge in [-0.05, 0) is 26.7 Å². The van der Waals surface area contributed by atoms with Crippen molar-refractivity contribution in [2.24, 2.45) is 12.8 Å². The number of nitrogens with two attached hydrogens (primary N) is 1. The van der Waals surface area contributed by atoms with E-state index < -0.39 is 0 Å². The smallest absolute Gasteiger partial charge is 0.220 e. The van der Waals surface area contributed by atoms with Gasteiger partial charge in [0.05, 0.1) is 5.69 Å². The number of carbonyl (C=O) groups excluding carboxylic acids is 1. The van der Waals surface area contributed by atoms with Gasteiger partial charge in [-0.1, -0.05) is 0 Å². The molecule has 1 unspecified atom stereocenters. The zero-order valence-corrected chi connectivity index (χ0v) is 10.9. The molecule has 1 aromatic heterocycles. The first kappa shape index (κ1) is 13.7. The van der Waals surface area contributed by atoms with Crippen molar-refractivity contribution in [3.63, 3.8) is 0 Å². The van der Waals surface area contributed by atoms with Gasteiger partial charge in [-0.3, -0.25) is 9.48 Å². The van der Waals surface area contributed by atoms with E-state index in [1.165, 1.54) is 0 Å². The Balaban J connectivity index is 2.26. The molecule has 0 fully saturated rings. The van der Waals surface area contributed by atoms with Gasteiger partial charge in [-0.2, -0.15) is 5.10 Å². The van der Waals surface area contributed by atoms with E-state index in [1.807, 2.05) is 27.1 Å². The van der Waals surface area contributed by atoms with Gasteiger partial charge < -0.3 is 11.1 Å². The summed E-state index contributed by atoms with van der Waals surface area (Å²) in [5, 5.41) is 7.12. The van der Waals surface area contributed by atoms with Crippen LogP contribution >= 0.6 is 0 Å². The van der Waals surface area contributed by atoms with E-state index in [4.69, 9.17) is 5.73 Å². The first-order chi connectivity index (χ1) is 7.99. The molecule has 0 saturated carbocycles. The van der Waals surface area contributed by atoms with Gasteiger partial charge in [0.2, 0.25) is 5.91 Å². The number of aryl methyl sites for hydroxylation is 2. The van der Waals surface area contributed by atoms with Crippen molar-refractivity contribution in [3.05, 3.63) is 17.5 Å². The van der Waals surface area contributed by atoms with Crippen LogP contribution in [0.1, 0.15) is 37.4 Å². The molecule has 1 atom stereocenters. The summed E-state index contributed by atoms with van der Waals surface area (Å²) >= 11 is 0. The molecular weight excluding hydrogens is 216 g/mol. The average molecular weight is 238 g/mol. The molecule has 5 heteroatoms. The van der Waals surface area contributed by atoms with Crippen molar-refractivity contribution in [1.82, 2.24) is 15.1 Å². The lowest BCUT2D eigenvalue weighted by molar-refractivity contribution is -0.121. The molecule has 0 radical (unpaired) electrons. The maximum absolute atomic E-state index is 11.5. The van der Waals surface area contributed by atoms with Gasteiger partial charge in [0.1, 0.15) is 0 Å². The lowest BCUT2D eigenvalue weighted by atomic mass is 10.1. The molecule has 0 aromatic carbocycles. The van der Waals surface area contributed by atoms with Crippen LogP contribution in [0.3, 0.4) is 0 Å². The summed E-state index contributed by atoms with van der Waals surface area (Å²) in [7, 11) is 1.88. The standard InChI is InChI=1S/C12H22N4O/c1-9(13)5-4-6-12(17)14-7-11-8-16(3)15-10(11)2/h8-9H,4-7,13H2,1-3H3,(H,14,17). The summed E-state index contributed by atoms with van der Waals surface area (Å²) in [5.41, 5.74) is 7.65. The highest BCUT2D eigenvalue weighted by molar-refractivity contribution is 5.75. The fourth-order valence-corrected chi connectivity index (χ4v) is 1.69. The van der Waals surface area contributed by atoms with E-state index in [1.54, 1.807) is 4.68 Å². The van der Waals surface area contributed by atoms with E-state index in [9.17, 15) is 4.79 Å². The van der Waals surface area contributed by atoms with Crippen molar-refractivity contribution >= 4 is 5.91 Å². The van der Waals surface area contributed by atoms with E-state index in [0.29, 0.717) is 13.0 Å². The van der Waals surface area contributed by atoms with Crippen molar-refractivity contribution < 1.29 is 4.79 Å². The topological polar surface area (TPSA) is 72.9 Å². The number of hydrogen-bond acceptors (Lipinski definition) is 3. The van der Waals surface area contributed by atoms with Crippen LogP contribution in [-0.2, 0) is 18.4 Å². The number of rotatable bonds is 6. The highest BCUT2D eigenvalue weighted by Gasteiger charge is 2.06. The first-order valence-corrected chi connectivity index (χ1v) is 6.00. The summed E-state index contributed by atoms with van der Waals surface area (Å²) in [6, 6.07) is 0.170. The Kier molecular flexibility index (Phi) is 5.15. The second kappa shape index (κ2) is 6.39. The number of hydrogen-bond donors (Lipinski definition) is 2. The molecule has 0 bridgehead atoms. The Morgan fingerprint density at radius 3 is 2.88 bits per heavy atom. The summed E-state index contributed by atoms with van der Waals surface area (Å²) < 4.78 is 1.76. The van der Waals surface area contributed by atoms with Crippen molar-refractivity contribution in [1.29, 1.82) is 0 Å². The molecule has 0 saturated heterocycles. The van der Waals surface area contributed by atoms with Gasteiger partial charge in [-0.25, -0.2) is 0 Å². The molecule has 1 heterocycles. The van der Waals surface area contributed by atoms with Crippen molar-refractivity contribution in [2.75, 3.05) is 0 Å². The van der Waals surface area contributed by atoms with Crippen LogP contribution in [0.2, 0.25) is 0 Å². The molecule has 1 rings (SSSR count). The lowest BCUT2D eigenvalue weighted by Gasteiger charge is -2.06. The number of carbonyl (C=O) groups is 1. The fraction of sp³-hybridized carbons (Fsp3) is 0.667. The maximum atomic E-state index is 11.5. The van der Waals surface area contributed by atoms with E-state index in [2.05, 4.69) is 10.4 Å². The van der Waals surface area contributed by atoms with Crippen LogP contribution in [0.5, 0.6) is 0 Å². The minimum atomic E-state index is 0.0777. The highest BCUT2D eigenvalue weighted by Crippen LogP contribution is 2.04. The van der Waals surface area contributed by atoms with Gasteiger partial charge in [0, 0.05) is 37.8 Å². The van der Waals surface area contributed by atoms with Crippen molar-refractivity contribution in [2.45, 2.75) is 45.7 Å².